The van der Waals surface area contributed by atoms with Gasteiger partial charge in [0.15, 0.2) is 0 Å². The Morgan fingerprint density at radius 1 is 1.07 bits per heavy atom. The zero-order valence-electron chi connectivity index (χ0n) is 18.1. The molecule has 0 aromatic carbocycles. The Bertz CT molecular complexity index is 592. The van der Waals surface area contributed by atoms with Crippen LogP contribution in [0.5, 0.6) is 0 Å². The molecule has 0 heterocycles. The van der Waals surface area contributed by atoms with Gasteiger partial charge in [0.25, 0.3) is 10.1 Å². The highest BCUT2D eigenvalue weighted by atomic mass is 32.2. The Hall–Kier alpha value is -0.290. The van der Waals surface area contributed by atoms with Crippen molar-refractivity contribution in [2.45, 2.75) is 76.6 Å². The van der Waals surface area contributed by atoms with Crippen molar-refractivity contribution in [2.75, 3.05) is 32.9 Å². The lowest BCUT2D eigenvalue weighted by atomic mass is 10.1. The molecule has 0 saturated heterocycles. The fraction of sp³-hybridized carbons (Fsp3) is 1.00. The Kier molecular flexibility index (Phi) is 9.33. The highest BCUT2D eigenvalue weighted by Gasteiger charge is 2.73. The maximum Gasteiger partial charge on any atom is 0.268 e. The first-order chi connectivity index (χ1) is 13.6. The first kappa shape index (κ1) is 25.0. The molecule has 2 rings (SSSR count). The predicted molar refractivity (Wildman–Crippen MR) is 110 cm³/mol. The van der Waals surface area contributed by atoms with Crippen molar-refractivity contribution in [3.8, 4) is 0 Å². The number of aliphatic hydroxyl groups excluding tert-OH is 2. The van der Waals surface area contributed by atoms with Gasteiger partial charge in [-0.15, -0.1) is 0 Å². The number of ether oxygens (including phenoxy) is 2. The lowest BCUT2D eigenvalue weighted by Gasteiger charge is -2.35. The van der Waals surface area contributed by atoms with Crippen LogP contribution in [0.2, 0.25) is 0 Å². The van der Waals surface area contributed by atoms with Crippen LogP contribution in [0.1, 0.15) is 47.0 Å². The molecule has 6 atom stereocenters. The molecule has 29 heavy (non-hydrogen) atoms. The number of hydrogen-bond donors (Lipinski definition) is 3. The number of nitrogens with zero attached hydrogens (tertiary/aromatic N) is 1. The zero-order valence-corrected chi connectivity index (χ0v) is 18.9. The van der Waals surface area contributed by atoms with Crippen molar-refractivity contribution in [1.82, 2.24) is 4.90 Å². The van der Waals surface area contributed by atoms with Crippen molar-refractivity contribution in [2.24, 2.45) is 17.8 Å². The molecule has 2 aliphatic rings. The van der Waals surface area contributed by atoms with Gasteiger partial charge in [-0.1, -0.05) is 26.7 Å². The van der Waals surface area contributed by atoms with Gasteiger partial charge >= 0.3 is 0 Å². The summed E-state index contributed by atoms with van der Waals surface area (Å²) < 4.78 is 43.5. The van der Waals surface area contributed by atoms with Crippen LogP contribution in [0.25, 0.3) is 0 Å². The minimum atomic E-state index is -4.21. The third-order valence-electron chi connectivity index (χ3n) is 6.37. The van der Waals surface area contributed by atoms with Gasteiger partial charge in [-0.25, -0.2) is 0 Å². The molecule has 172 valence electrons. The van der Waals surface area contributed by atoms with E-state index < -0.39 is 33.6 Å². The normalized spacial score (nSPS) is 29.9. The summed E-state index contributed by atoms with van der Waals surface area (Å²) in [6, 6.07) is -0.443. The summed E-state index contributed by atoms with van der Waals surface area (Å²) in [6.07, 6.45) is 1.69. The summed E-state index contributed by atoms with van der Waals surface area (Å²) in [5.41, 5.74) is 0. The molecule has 3 N–H and O–H groups in total. The maximum atomic E-state index is 11.5. The second-order valence-corrected chi connectivity index (χ2v) is 10.5. The molecule has 2 fully saturated rings. The molecule has 0 radical (unpaired) electrons. The number of aliphatic hydroxyl groups is 2. The molecule has 0 aliphatic heterocycles. The average molecular weight is 438 g/mol. The van der Waals surface area contributed by atoms with Crippen LogP contribution >= 0.6 is 0 Å². The standard InChI is InChI=1S/C20H39NO7S/c1-5-7-8-27-11-15(22)10-21(9-13(3)29(24,25)26)14(4)17(23)12-28-20-18-16(6-2)19(18)20/h13-20,22-23H,5-12H2,1-4H3,(H,24,25,26). The van der Waals surface area contributed by atoms with Gasteiger partial charge in [-0.3, -0.25) is 9.45 Å². The highest BCUT2D eigenvalue weighted by molar-refractivity contribution is 7.86. The molecule has 0 spiro atoms. The van der Waals surface area contributed by atoms with Gasteiger partial charge < -0.3 is 19.7 Å². The topological polar surface area (TPSA) is 117 Å². The summed E-state index contributed by atoms with van der Waals surface area (Å²) >= 11 is 0. The SMILES string of the molecule is CCCCOCC(O)CN(CC(C)S(=O)(=O)O)C(C)C(O)COC1C2C(CC)C12. The minimum absolute atomic E-state index is 0.00430. The third-order valence-corrected chi connectivity index (χ3v) is 7.54. The second-order valence-electron chi connectivity index (χ2n) is 8.69. The van der Waals surface area contributed by atoms with Gasteiger partial charge in [-0.2, -0.15) is 8.42 Å². The van der Waals surface area contributed by atoms with E-state index in [2.05, 4.69) is 13.8 Å². The van der Waals surface area contributed by atoms with E-state index >= 15 is 0 Å². The first-order valence-electron chi connectivity index (χ1n) is 10.9. The lowest BCUT2D eigenvalue weighted by Crippen LogP contribution is -2.50. The quantitative estimate of drug-likeness (QED) is 0.243. The van der Waals surface area contributed by atoms with E-state index in [-0.39, 0.29) is 32.4 Å². The van der Waals surface area contributed by atoms with Crippen molar-refractivity contribution < 1.29 is 32.7 Å². The van der Waals surface area contributed by atoms with Gasteiger partial charge in [0.1, 0.15) is 0 Å². The number of fused-ring (bicyclic) bond motifs is 1. The number of rotatable bonds is 16. The van der Waals surface area contributed by atoms with Gasteiger partial charge in [0.2, 0.25) is 0 Å². The Morgan fingerprint density at radius 3 is 2.28 bits per heavy atom. The van der Waals surface area contributed by atoms with Gasteiger partial charge in [0, 0.05) is 25.7 Å². The molecule has 9 heteroatoms. The summed E-state index contributed by atoms with van der Waals surface area (Å²) in [6.45, 7) is 8.42. The summed E-state index contributed by atoms with van der Waals surface area (Å²) in [7, 11) is -4.21. The Labute approximate surface area is 175 Å². The second kappa shape index (κ2) is 10.8. The van der Waals surface area contributed by atoms with E-state index in [0.717, 1.165) is 18.8 Å². The number of unbranched alkanes of at least 4 members (excludes halogenated alkanes) is 1. The lowest BCUT2D eigenvalue weighted by molar-refractivity contribution is -0.0476. The van der Waals surface area contributed by atoms with Crippen molar-refractivity contribution >= 4 is 10.1 Å². The summed E-state index contributed by atoms with van der Waals surface area (Å²) in [4.78, 5) is 1.68. The highest BCUT2D eigenvalue weighted by Crippen LogP contribution is 2.70. The largest absolute Gasteiger partial charge is 0.389 e. The van der Waals surface area contributed by atoms with Crippen LogP contribution in [-0.4, -0.2) is 90.6 Å². The zero-order chi connectivity index (χ0) is 21.8. The molecule has 0 aromatic rings. The van der Waals surface area contributed by atoms with E-state index in [1.54, 1.807) is 11.8 Å². The fourth-order valence-electron chi connectivity index (χ4n) is 4.08. The molecular weight excluding hydrogens is 398 g/mol. The van der Waals surface area contributed by atoms with Gasteiger partial charge in [0.05, 0.1) is 36.8 Å². The summed E-state index contributed by atoms with van der Waals surface area (Å²) in [5, 5.41) is 19.8. The third kappa shape index (κ3) is 7.12. The molecule has 2 saturated carbocycles. The van der Waals surface area contributed by atoms with Crippen LogP contribution < -0.4 is 0 Å². The molecule has 6 unspecified atom stereocenters. The van der Waals surface area contributed by atoms with Crippen molar-refractivity contribution in [3.05, 3.63) is 0 Å². The molecule has 8 nitrogen and oxygen atoms in total. The minimum Gasteiger partial charge on any atom is -0.389 e. The average Bonchev–Trinajstić information content (AvgIpc) is 3.54. The molecule has 2 aliphatic carbocycles. The fourth-order valence-corrected chi connectivity index (χ4v) is 4.46. The molecular formula is C20H39NO7S. The summed E-state index contributed by atoms with van der Waals surface area (Å²) in [5.74, 6) is 2.09. The van der Waals surface area contributed by atoms with Crippen molar-refractivity contribution in [3.63, 3.8) is 0 Å². The van der Waals surface area contributed by atoms with E-state index in [1.807, 2.05) is 0 Å². The van der Waals surface area contributed by atoms with Gasteiger partial charge in [-0.05, 0) is 38.0 Å². The van der Waals surface area contributed by atoms with E-state index in [9.17, 15) is 23.2 Å². The number of hydrogen-bond acceptors (Lipinski definition) is 7. The van der Waals surface area contributed by atoms with Crippen LogP contribution in [0, 0.1) is 17.8 Å². The van der Waals surface area contributed by atoms with Crippen LogP contribution in [0.4, 0.5) is 0 Å². The molecule has 0 bridgehead atoms. The van der Waals surface area contributed by atoms with Crippen LogP contribution in [-0.2, 0) is 19.6 Å². The Morgan fingerprint density at radius 2 is 1.72 bits per heavy atom. The van der Waals surface area contributed by atoms with E-state index in [4.69, 9.17) is 9.47 Å². The first-order valence-corrected chi connectivity index (χ1v) is 12.4. The van der Waals surface area contributed by atoms with Crippen molar-refractivity contribution in [1.29, 1.82) is 0 Å². The maximum absolute atomic E-state index is 11.5. The Balaban J connectivity index is 1.84. The van der Waals surface area contributed by atoms with E-state index in [1.165, 1.54) is 13.3 Å². The monoisotopic (exact) mass is 437 g/mol. The smallest absolute Gasteiger partial charge is 0.268 e. The molecule has 0 aromatic heterocycles. The predicted octanol–water partition coefficient (Wildman–Crippen LogP) is 1.16. The molecule has 0 amide bonds. The van der Waals surface area contributed by atoms with Crippen LogP contribution in [0.15, 0.2) is 0 Å². The van der Waals surface area contributed by atoms with E-state index in [0.29, 0.717) is 18.4 Å². The van der Waals surface area contributed by atoms with Crippen LogP contribution in [0.3, 0.4) is 0 Å².